The Balaban J connectivity index is 2.48. The van der Waals surface area contributed by atoms with Gasteiger partial charge in [0.25, 0.3) is 0 Å². The van der Waals surface area contributed by atoms with Crippen LogP contribution >= 0.6 is 0 Å². The lowest BCUT2D eigenvalue weighted by Crippen LogP contribution is -2.54. The van der Waals surface area contributed by atoms with Gasteiger partial charge in [0.15, 0.2) is 0 Å². The molecule has 90 valence electrons. The molecule has 0 aromatic rings. The molecule has 2 atom stereocenters. The van der Waals surface area contributed by atoms with Gasteiger partial charge in [0.2, 0.25) is 0 Å². The van der Waals surface area contributed by atoms with E-state index in [1.807, 2.05) is 0 Å². The molecule has 0 saturated carbocycles. The van der Waals surface area contributed by atoms with Crippen molar-refractivity contribution in [3.63, 3.8) is 0 Å². The molecule has 15 heavy (non-hydrogen) atoms. The van der Waals surface area contributed by atoms with Crippen molar-refractivity contribution in [1.82, 2.24) is 10.2 Å². The molecular weight excluding hydrogens is 184 g/mol. The lowest BCUT2D eigenvalue weighted by Gasteiger charge is -2.41. The molecule has 0 aliphatic carbocycles. The predicted molar refractivity (Wildman–Crippen MR) is 67.2 cm³/mol. The molecule has 1 fully saturated rings. The molecule has 0 amide bonds. The standard InChI is InChI=1S/C13H28N2/c1-5-6-12(4)15-8-7-14-10-13(15)9-11(2)3/h11-14H,5-10H2,1-4H3. The fraction of sp³-hybridized carbons (Fsp3) is 1.00. The van der Waals surface area contributed by atoms with Crippen LogP contribution in [0.15, 0.2) is 0 Å². The van der Waals surface area contributed by atoms with Crippen molar-refractivity contribution in [2.24, 2.45) is 5.92 Å². The summed E-state index contributed by atoms with van der Waals surface area (Å²) in [5, 5.41) is 3.53. The number of nitrogens with zero attached hydrogens (tertiary/aromatic N) is 1. The molecule has 1 rings (SSSR count). The fourth-order valence-corrected chi connectivity index (χ4v) is 2.70. The summed E-state index contributed by atoms with van der Waals surface area (Å²) >= 11 is 0. The van der Waals surface area contributed by atoms with Crippen molar-refractivity contribution in [2.45, 2.75) is 59.0 Å². The van der Waals surface area contributed by atoms with Gasteiger partial charge < -0.3 is 5.32 Å². The normalized spacial score (nSPS) is 25.8. The van der Waals surface area contributed by atoms with Gasteiger partial charge in [-0.3, -0.25) is 4.90 Å². The summed E-state index contributed by atoms with van der Waals surface area (Å²) in [6.07, 6.45) is 3.98. The van der Waals surface area contributed by atoms with Crippen molar-refractivity contribution < 1.29 is 0 Å². The van der Waals surface area contributed by atoms with Crippen molar-refractivity contribution in [1.29, 1.82) is 0 Å². The molecule has 1 N–H and O–H groups in total. The highest BCUT2D eigenvalue weighted by atomic mass is 15.2. The molecule has 2 heteroatoms. The van der Waals surface area contributed by atoms with Crippen LogP contribution in [0.3, 0.4) is 0 Å². The van der Waals surface area contributed by atoms with E-state index in [9.17, 15) is 0 Å². The zero-order valence-electron chi connectivity index (χ0n) is 10.9. The minimum absolute atomic E-state index is 0.764. The van der Waals surface area contributed by atoms with Crippen molar-refractivity contribution in [3.8, 4) is 0 Å². The quantitative estimate of drug-likeness (QED) is 0.753. The van der Waals surface area contributed by atoms with E-state index in [1.165, 1.54) is 38.9 Å². The van der Waals surface area contributed by atoms with Crippen LogP contribution in [-0.2, 0) is 0 Å². The fourth-order valence-electron chi connectivity index (χ4n) is 2.70. The lowest BCUT2D eigenvalue weighted by atomic mass is 9.98. The van der Waals surface area contributed by atoms with E-state index in [1.54, 1.807) is 0 Å². The largest absolute Gasteiger partial charge is 0.314 e. The van der Waals surface area contributed by atoms with Crippen LogP contribution in [0.2, 0.25) is 0 Å². The SMILES string of the molecule is CCCC(C)N1CCNCC1CC(C)C. The van der Waals surface area contributed by atoms with E-state index < -0.39 is 0 Å². The molecule has 0 bridgehead atoms. The molecule has 1 saturated heterocycles. The average molecular weight is 212 g/mol. The van der Waals surface area contributed by atoms with Gasteiger partial charge in [-0.2, -0.15) is 0 Å². The first-order valence-corrected chi connectivity index (χ1v) is 6.61. The summed E-state index contributed by atoms with van der Waals surface area (Å²) in [6.45, 7) is 12.9. The summed E-state index contributed by atoms with van der Waals surface area (Å²) in [7, 11) is 0. The molecule has 0 spiro atoms. The Morgan fingerprint density at radius 2 is 2.07 bits per heavy atom. The Morgan fingerprint density at radius 3 is 2.67 bits per heavy atom. The Hall–Kier alpha value is -0.0800. The molecule has 0 aromatic heterocycles. The van der Waals surface area contributed by atoms with Crippen LogP contribution in [0.1, 0.15) is 47.0 Å². The highest BCUT2D eigenvalue weighted by Crippen LogP contribution is 2.18. The van der Waals surface area contributed by atoms with Gasteiger partial charge in [-0.25, -0.2) is 0 Å². The third-order valence-corrected chi connectivity index (χ3v) is 3.41. The number of nitrogens with one attached hydrogen (secondary N) is 1. The summed E-state index contributed by atoms with van der Waals surface area (Å²) in [5.41, 5.74) is 0. The van der Waals surface area contributed by atoms with E-state index >= 15 is 0 Å². The van der Waals surface area contributed by atoms with Crippen LogP contribution in [0.4, 0.5) is 0 Å². The van der Waals surface area contributed by atoms with Gasteiger partial charge in [-0.1, -0.05) is 27.2 Å². The third-order valence-electron chi connectivity index (χ3n) is 3.41. The molecule has 1 aliphatic heterocycles. The van der Waals surface area contributed by atoms with E-state index in [2.05, 4.69) is 37.9 Å². The summed E-state index contributed by atoms with van der Waals surface area (Å²) < 4.78 is 0. The highest BCUT2D eigenvalue weighted by molar-refractivity contribution is 4.83. The van der Waals surface area contributed by atoms with Crippen LogP contribution in [0.25, 0.3) is 0 Å². The minimum Gasteiger partial charge on any atom is -0.314 e. The summed E-state index contributed by atoms with van der Waals surface area (Å²) in [6, 6.07) is 1.53. The van der Waals surface area contributed by atoms with Gasteiger partial charge in [0.05, 0.1) is 0 Å². The molecule has 0 aromatic carbocycles. The summed E-state index contributed by atoms with van der Waals surface area (Å²) in [5.74, 6) is 0.811. The third kappa shape index (κ3) is 4.12. The van der Waals surface area contributed by atoms with E-state index in [-0.39, 0.29) is 0 Å². The van der Waals surface area contributed by atoms with Crippen molar-refractivity contribution in [2.75, 3.05) is 19.6 Å². The first-order valence-electron chi connectivity index (χ1n) is 6.61. The van der Waals surface area contributed by atoms with Crippen LogP contribution in [0.5, 0.6) is 0 Å². The topological polar surface area (TPSA) is 15.3 Å². The van der Waals surface area contributed by atoms with Gasteiger partial charge in [-0.15, -0.1) is 0 Å². The number of piperazine rings is 1. The van der Waals surface area contributed by atoms with Crippen molar-refractivity contribution >= 4 is 0 Å². The van der Waals surface area contributed by atoms with E-state index in [0.717, 1.165) is 18.0 Å². The second-order valence-electron chi connectivity index (χ2n) is 5.36. The molecule has 2 nitrogen and oxygen atoms in total. The lowest BCUT2D eigenvalue weighted by molar-refractivity contribution is 0.0948. The average Bonchev–Trinajstić information content (AvgIpc) is 2.18. The Kier molecular flexibility index (Phi) is 5.62. The van der Waals surface area contributed by atoms with Crippen LogP contribution < -0.4 is 5.32 Å². The monoisotopic (exact) mass is 212 g/mol. The maximum absolute atomic E-state index is 3.53. The maximum Gasteiger partial charge on any atom is 0.0226 e. The van der Waals surface area contributed by atoms with E-state index in [0.29, 0.717) is 0 Å². The number of hydrogen-bond donors (Lipinski definition) is 1. The van der Waals surface area contributed by atoms with Gasteiger partial charge in [-0.05, 0) is 25.7 Å². The molecular formula is C13H28N2. The summed E-state index contributed by atoms with van der Waals surface area (Å²) in [4.78, 5) is 2.72. The molecule has 1 heterocycles. The van der Waals surface area contributed by atoms with Gasteiger partial charge >= 0.3 is 0 Å². The molecule has 1 aliphatic rings. The zero-order chi connectivity index (χ0) is 11.3. The Bertz CT molecular complexity index is 168. The maximum atomic E-state index is 3.53. The second kappa shape index (κ2) is 6.49. The van der Waals surface area contributed by atoms with Gasteiger partial charge in [0, 0.05) is 31.7 Å². The van der Waals surface area contributed by atoms with Crippen LogP contribution in [-0.4, -0.2) is 36.6 Å². The molecule has 0 radical (unpaired) electrons. The van der Waals surface area contributed by atoms with Crippen LogP contribution in [0, 0.1) is 5.92 Å². The van der Waals surface area contributed by atoms with E-state index in [4.69, 9.17) is 0 Å². The second-order valence-corrected chi connectivity index (χ2v) is 5.36. The number of rotatable bonds is 5. The zero-order valence-corrected chi connectivity index (χ0v) is 10.9. The van der Waals surface area contributed by atoms with Gasteiger partial charge in [0.1, 0.15) is 0 Å². The molecule has 2 unspecified atom stereocenters. The smallest absolute Gasteiger partial charge is 0.0226 e. The first kappa shape index (κ1) is 13.0. The minimum atomic E-state index is 0.764. The first-order chi connectivity index (χ1) is 7.15. The Morgan fingerprint density at radius 1 is 1.33 bits per heavy atom. The van der Waals surface area contributed by atoms with Crippen molar-refractivity contribution in [3.05, 3.63) is 0 Å². The Labute approximate surface area is 95.4 Å². The number of hydrogen-bond acceptors (Lipinski definition) is 2. The highest BCUT2D eigenvalue weighted by Gasteiger charge is 2.26. The predicted octanol–water partition coefficient (Wildman–Crippen LogP) is 2.49.